The second kappa shape index (κ2) is 4.58. The van der Waals surface area contributed by atoms with E-state index < -0.39 is 6.10 Å². The molecule has 1 heterocycles. The van der Waals surface area contributed by atoms with Crippen LogP contribution in [0.1, 0.15) is 19.9 Å². The van der Waals surface area contributed by atoms with E-state index in [0.717, 1.165) is 4.47 Å². The number of aliphatic hydroxyl groups is 1. The summed E-state index contributed by atoms with van der Waals surface area (Å²) >= 11 is 3.33. The van der Waals surface area contributed by atoms with Gasteiger partial charge in [0.25, 0.3) is 5.56 Å². The van der Waals surface area contributed by atoms with E-state index in [9.17, 15) is 9.90 Å². The second-order valence-corrected chi connectivity index (χ2v) is 5.02. The molecular weight excluding hydrogens is 284 g/mol. The van der Waals surface area contributed by atoms with Crippen molar-refractivity contribution in [2.24, 2.45) is 0 Å². The van der Waals surface area contributed by atoms with Crippen LogP contribution in [0.5, 0.6) is 0 Å². The summed E-state index contributed by atoms with van der Waals surface area (Å²) in [6, 6.07) is 5.09. The Balaban J connectivity index is 2.69. The molecule has 4 nitrogen and oxygen atoms in total. The number of halogens is 1. The van der Waals surface area contributed by atoms with E-state index in [-0.39, 0.29) is 11.6 Å². The van der Waals surface area contributed by atoms with Crippen LogP contribution in [0.4, 0.5) is 0 Å². The van der Waals surface area contributed by atoms with Crippen LogP contribution < -0.4 is 5.56 Å². The molecule has 0 fully saturated rings. The summed E-state index contributed by atoms with van der Waals surface area (Å²) in [6.45, 7) is 3.44. The first-order valence-corrected chi connectivity index (χ1v) is 6.14. The van der Waals surface area contributed by atoms with Crippen molar-refractivity contribution < 1.29 is 5.11 Å². The molecule has 2 unspecified atom stereocenters. The van der Waals surface area contributed by atoms with Gasteiger partial charge in [0.15, 0.2) is 0 Å². The van der Waals surface area contributed by atoms with E-state index in [1.807, 2.05) is 6.07 Å². The highest BCUT2D eigenvalue weighted by Crippen LogP contribution is 2.16. The average Bonchev–Trinajstić information content (AvgIpc) is 2.29. The van der Waals surface area contributed by atoms with Gasteiger partial charge in [-0.3, -0.25) is 9.36 Å². The summed E-state index contributed by atoms with van der Waals surface area (Å²) in [5.74, 6) is 0. The lowest BCUT2D eigenvalue weighted by atomic mass is 10.2. The fraction of sp³-hybridized carbons (Fsp3) is 0.333. The summed E-state index contributed by atoms with van der Waals surface area (Å²) in [4.78, 5) is 16.4. The lowest BCUT2D eigenvalue weighted by Crippen LogP contribution is -2.29. The van der Waals surface area contributed by atoms with Gasteiger partial charge >= 0.3 is 0 Å². The molecule has 0 radical (unpaired) electrons. The van der Waals surface area contributed by atoms with Crippen molar-refractivity contribution in [3.05, 3.63) is 39.4 Å². The normalized spacial score (nSPS) is 14.8. The number of nitrogens with zero attached hydrogens (tertiary/aromatic N) is 2. The van der Waals surface area contributed by atoms with Crippen LogP contribution in [0.15, 0.2) is 33.8 Å². The van der Waals surface area contributed by atoms with Gasteiger partial charge in [0.1, 0.15) is 0 Å². The smallest absolute Gasteiger partial charge is 0.261 e. The fourth-order valence-corrected chi connectivity index (χ4v) is 1.99. The predicted molar refractivity (Wildman–Crippen MR) is 70.1 cm³/mol. The van der Waals surface area contributed by atoms with Gasteiger partial charge in [-0.2, -0.15) is 0 Å². The van der Waals surface area contributed by atoms with Crippen LogP contribution in [-0.4, -0.2) is 20.8 Å². The van der Waals surface area contributed by atoms with Gasteiger partial charge in [0.05, 0.1) is 29.4 Å². The number of aliphatic hydroxyl groups excluding tert-OH is 1. The average molecular weight is 297 g/mol. The number of aromatic nitrogens is 2. The maximum Gasteiger partial charge on any atom is 0.261 e. The lowest BCUT2D eigenvalue weighted by Gasteiger charge is -2.17. The van der Waals surface area contributed by atoms with E-state index in [4.69, 9.17) is 0 Å². The van der Waals surface area contributed by atoms with Crippen LogP contribution in [0.3, 0.4) is 0 Å². The highest BCUT2D eigenvalue weighted by molar-refractivity contribution is 9.10. The van der Waals surface area contributed by atoms with Gasteiger partial charge in [0, 0.05) is 4.47 Å². The molecule has 0 amide bonds. The maximum atomic E-state index is 12.2. The third-order valence-electron chi connectivity index (χ3n) is 2.88. The molecule has 5 heteroatoms. The minimum Gasteiger partial charge on any atom is -0.391 e. The molecule has 0 aliphatic rings. The Morgan fingerprint density at radius 2 is 2.12 bits per heavy atom. The van der Waals surface area contributed by atoms with Crippen molar-refractivity contribution in [2.75, 3.05) is 0 Å². The molecule has 1 aromatic carbocycles. The summed E-state index contributed by atoms with van der Waals surface area (Å²) < 4.78 is 2.30. The van der Waals surface area contributed by atoms with Crippen molar-refractivity contribution in [2.45, 2.75) is 26.0 Å². The van der Waals surface area contributed by atoms with Crippen molar-refractivity contribution in [3.63, 3.8) is 0 Å². The molecule has 90 valence electrons. The minimum absolute atomic E-state index is 0.135. The second-order valence-electron chi connectivity index (χ2n) is 4.10. The highest BCUT2D eigenvalue weighted by Gasteiger charge is 2.14. The van der Waals surface area contributed by atoms with E-state index in [1.54, 1.807) is 26.0 Å². The molecule has 17 heavy (non-hydrogen) atoms. The molecule has 2 rings (SSSR count). The third kappa shape index (κ3) is 2.25. The Hall–Kier alpha value is -1.20. The van der Waals surface area contributed by atoms with Crippen LogP contribution in [0.25, 0.3) is 10.9 Å². The number of benzene rings is 1. The van der Waals surface area contributed by atoms with Crippen molar-refractivity contribution in [1.29, 1.82) is 0 Å². The van der Waals surface area contributed by atoms with Crippen LogP contribution in [-0.2, 0) is 0 Å². The molecule has 2 atom stereocenters. The summed E-state index contributed by atoms with van der Waals surface area (Å²) in [5, 5.41) is 10.1. The summed E-state index contributed by atoms with van der Waals surface area (Å²) in [5.41, 5.74) is 0.525. The number of hydrogen-bond acceptors (Lipinski definition) is 3. The van der Waals surface area contributed by atoms with Crippen molar-refractivity contribution in [1.82, 2.24) is 9.55 Å². The molecule has 2 aromatic rings. The maximum absolute atomic E-state index is 12.2. The topological polar surface area (TPSA) is 55.1 Å². The van der Waals surface area contributed by atoms with Gasteiger partial charge in [0.2, 0.25) is 0 Å². The Kier molecular flexibility index (Phi) is 3.31. The lowest BCUT2D eigenvalue weighted by molar-refractivity contribution is 0.137. The van der Waals surface area contributed by atoms with Crippen molar-refractivity contribution in [3.8, 4) is 0 Å². The van der Waals surface area contributed by atoms with Crippen LogP contribution >= 0.6 is 15.9 Å². The molecule has 0 saturated heterocycles. The van der Waals surface area contributed by atoms with Gasteiger partial charge < -0.3 is 5.11 Å². The van der Waals surface area contributed by atoms with E-state index in [2.05, 4.69) is 20.9 Å². The minimum atomic E-state index is -0.598. The molecule has 0 aliphatic carbocycles. The van der Waals surface area contributed by atoms with E-state index in [1.165, 1.54) is 10.9 Å². The zero-order valence-electron chi connectivity index (χ0n) is 9.59. The molecule has 0 saturated carbocycles. The number of hydrogen-bond donors (Lipinski definition) is 1. The van der Waals surface area contributed by atoms with Gasteiger partial charge in [-0.1, -0.05) is 15.9 Å². The molecule has 0 bridgehead atoms. The van der Waals surface area contributed by atoms with Gasteiger partial charge in [-0.15, -0.1) is 0 Å². The first-order chi connectivity index (χ1) is 8.00. The number of rotatable bonds is 2. The molecule has 1 N–H and O–H groups in total. The fourth-order valence-electron chi connectivity index (χ4n) is 1.63. The summed E-state index contributed by atoms with van der Waals surface area (Å²) in [6.07, 6.45) is 0.884. The summed E-state index contributed by atoms with van der Waals surface area (Å²) in [7, 11) is 0. The standard InChI is InChI=1S/C12H13BrN2O2/c1-7(8(2)16)15-6-14-11-4-3-9(13)5-10(11)12(15)17/h3-8,16H,1-2H3. The SMILES string of the molecule is CC(O)C(C)n1cnc2ccc(Br)cc2c1=O. The van der Waals surface area contributed by atoms with Gasteiger partial charge in [-0.25, -0.2) is 4.98 Å². The third-order valence-corrected chi connectivity index (χ3v) is 3.37. The monoisotopic (exact) mass is 296 g/mol. The largest absolute Gasteiger partial charge is 0.391 e. The van der Waals surface area contributed by atoms with E-state index >= 15 is 0 Å². The molecule has 0 spiro atoms. The van der Waals surface area contributed by atoms with E-state index in [0.29, 0.717) is 10.9 Å². The number of fused-ring (bicyclic) bond motifs is 1. The van der Waals surface area contributed by atoms with Crippen LogP contribution in [0, 0.1) is 0 Å². The Morgan fingerprint density at radius 1 is 1.41 bits per heavy atom. The predicted octanol–water partition coefficient (Wildman–Crippen LogP) is 2.10. The Labute approximate surface area is 107 Å². The zero-order valence-corrected chi connectivity index (χ0v) is 11.2. The van der Waals surface area contributed by atoms with Crippen LogP contribution in [0.2, 0.25) is 0 Å². The quantitative estimate of drug-likeness (QED) is 0.923. The first kappa shape index (κ1) is 12.3. The molecule has 0 aliphatic heterocycles. The Morgan fingerprint density at radius 3 is 2.76 bits per heavy atom. The zero-order chi connectivity index (χ0) is 12.6. The Bertz CT molecular complexity index is 607. The van der Waals surface area contributed by atoms with Gasteiger partial charge in [-0.05, 0) is 32.0 Å². The molecule has 1 aromatic heterocycles. The van der Waals surface area contributed by atoms with Crippen molar-refractivity contribution >= 4 is 26.8 Å². The highest BCUT2D eigenvalue weighted by atomic mass is 79.9. The molecular formula is C12H13BrN2O2. The first-order valence-electron chi connectivity index (χ1n) is 5.35.